The molecular weight excluding hydrogens is 478 g/mol. The molecule has 0 aliphatic rings. The van der Waals surface area contributed by atoms with Crippen LogP contribution in [-0.4, -0.2) is 27.7 Å². The van der Waals surface area contributed by atoms with Gasteiger partial charge in [-0.2, -0.15) is 4.98 Å². The number of rotatable bonds is 5. The molecule has 0 aliphatic heterocycles. The minimum absolute atomic E-state index is 0.00452. The van der Waals surface area contributed by atoms with Crippen molar-refractivity contribution in [2.45, 2.75) is 12.8 Å². The molecule has 0 spiro atoms. The highest BCUT2D eigenvalue weighted by Crippen LogP contribution is 2.19. The second kappa shape index (κ2) is 9.44. The maximum absolute atomic E-state index is 11.8. The van der Waals surface area contributed by atoms with Gasteiger partial charge in [0, 0.05) is 27.1 Å². The molecule has 0 saturated carbocycles. The summed E-state index contributed by atoms with van der Waals surface area (Å²) in [5.41, 5.74) is 1.45. The van der Waals surface area contributed by atoms with Gasteiger partial charge in [-0.3, -0.25) is 4.79 Å². The van der Waals surface area contributed by atoms with Gasteiger partial charge in [0.15, 0.2) is 6.61 Å². The molecule has 0 saturated heterocycles. The van der Waals surface area contributed by atoms with Crippen molar-refractivity contribution in [3.05, 3.63) is 63.1 Å². The lowest BCUT2D eigenvalue weighted by Gasteiger charge is -1.98. The fraction of sp³-hybridized carbons (Fsp3) is 0.158. The van der Waals surface area contributed by atoms with Gasteiger partial charge in [-0.15, -0.1) is 0 Å². The number of halogens is 2. The summed E-state index contributed by atoms with van der Waals surface area (Å²) >= 11 is 6.68. The molecule has 1 aromatic carbocycles. The van der Waals surface area contributed by atoms with E-state index in [4.69, 9.17) is 9.26 Å². The molecule has 136 valence electrons. The van der Waals surface area contributed by atoms with Crippen LogP contribution in [0.3, 0.4) is 0 Å². The van der Waals surface area contributed by atoms with E-state index in [1.165, 1.54) is 0 Å². The van der Waals surface area contributed by atoms with E-state index in [1.807, 2.05) is 30.3 Å². The van der Waals surface area contributed by atoms with E-state index >= 15 is 0 Å². The molecule has 2 heterocycles. The summed E-state index contributed by atoms with van der Waals surface area (Å²) in [7, 11) is 0. The molecular formula is C19H13Br2N3O3. The van der Waals surface area contributed by atoms with Crippen LogP contribution < -0.4 is 0 Å². The van der Waals surface area contributed by atoms with Gasteiger partial charge in [-0.1, -0.05) is 27.0 Å². The number of pyridine rings is 1. The number of aromatic nitrogens is 3. The quantitative estimate of drug-likeness (QED) is 0.394. The van der Waals surface area contributed by atoms with Crippen LogP contribution in [0, 0.1) is 11.8 Å². The summed E-state index contributed by atoms with van der Waals surface area (Å²) in [6, 6.07) is 11.2. The predicted molar refractivity (Wildman–Crippen MR) is 106 cm³/mol. The molecule has 0 unspecified atom stereocenters. The van der Waals surface area contributed by atoms with Crippen molar-refractivity contribution < 1.29 is 14.1 Å². The average molecular weight is 491 g/mol. The fourth-order valence-corrected chi connectivity index (χ4v) is 2.55. The van der Waals surface area contributed by atoms with E-state index in [0.717, 1.165) is 14.5 Å². The smallest absolute Gasteiger partial charge is 0.307 e. The molecule has 27 heavy (non-hydrogen) atoms. The Bertz CT molecular complexity index is 974. The molecule has 0 fully saturated rings. The number of ether oxygens (including phenoxy) is 1. The Morgan fingerprint density at radius 3 is 2.63 bits per heavy atom. The summed E-state index contributed by atoms with van der Waals surface area (Å²) in [5.74, 6) is 6.07. The van der Waals surface area contributed by atoms with Crippen molar-refractivity contribution in [2.24, 2.45) is 0 Å². The molecule has 0 aliphatic carbocycles. The van der Waals surface area contributed by atoms with Gasteiger partial charge in [0.1, 0.15) is 5.69 Å². The van der Waals surface area contributed by atoms with E-state index < -0.39 is 0 Å². The summed E-state index contributed by atoms with van der Waals surface area (Å²) in [4.78, 5) is 20.2. The lowest BCUT2D eigenvalue weighted by Crippen LogP contribution is -2.06. The highest BCUT2D eigenvalue weighted by molar-refractivity contribution is 9.10. The summed E-state index contributed by atoms with van der Waals surface area (Å²) in [6.45, 7) is 0.00452. The first-order valence-electron chi connectivity index (χ1n) is 7.95. The molecule has 8 heteroatoms. The Morgan fingerprint density at radius 2 is 1.89 bits per heavy atom. The van der Waals surface area contributed by atoms with Crippen LogP contribution in [0.2, 0.25) is 0 Å². The number of aryl methyl sites for hydroxylation is 1. The van der Waals surface area contributed by atoms with E-state index in [2.05, 4.69) is 58.8 Å². The first kappa shape index (κ1) is 19.3. The number of carbonyl (C=O) groups is 1. The summed E-state index contributed by atoms with van der Waals surface area (Å²) < 4.78 is 12.1. The Hall–Kier alpha value is -2.50. The number of nitrogens with zero attached hydrogens (tertiary/aromatic N) is 3. The maximum atomic E-state index is 11.8. The minimum atomic E-state index is -0.378. The SMILES string of the molecule is O=C(CCc1nc(-c2ccc(Br)cc2)no1)OCC#Cc1ccc(Br)cn1. The summed E-state index contributed by atoms with van der Waals surface area (Å²) in [5, 5.41) is 3.92. The van der Waals surface area contributed by atoms with E-state index in [1.54, 1.807) is 12.3 Å². The molecule has 3 rings (SSSR count). The van der Waals surface area contributed by atoms with Gasteiger partial charge in [0.2, 0.25) is 11.7 Å². The topological polar surface area (TPSA) is 78.1 Å². The van der Waals surface area contributed by atoms with Crippen LogP contribution in [0.4, 0.5) is 0 Å². The third-order valence-corrected chi connectivity index (χ3v) is 4.36. The lowest BCUT2D eigenvalue weighted by atomic mass is 10.2. The van der Waals surface area contributed by atoms with Crippen LogP contribution in [0.5, 0.6) is 0 Å². The number of esters is 1. The lowest BCUT2D eigenvalue weighted by molar-refractivity contribution is -0.142. The van der Waals surface area contributed by atoms with Crippen LogP contribution in [0.25, 0.3) is 11.4 Å². The summed E-state index contributed by atoms with van der Waals surface area (Å²) in [6.07, 6.45) is 2.10. The first-order valence-corrected chi connectivity index (χ1v) is 9.53. The Balaban J connectivity index is 1.44. The van der Waals surface area contributed by atoms with E-state index in [-0.39, 0.29) is 19.0 Å². The molecule has 2 aromatic heterocycles. The highest BCUT2D eigenvalue weighted by atomic mass is 79.9. The second-order valence-electron chi connectivity index (χ2n) is 5.34. The number of hydrogen-bond donors (Lipinski definition) is 0. The monoisotopic (exact) mass is 489 g/mol. The normalized spacial score (nSPS) is 10.1. The van der Waals surface area contributed by atoms with Crippen LogP contribution >= 0.6 is 31.9 Å². The van der Waals surface area contributed by atoms with Gasteiger partial charge < -0.3 is 9.26 Å². The molecule has 3 aromatic rings. The van der Waals surface area contributed by atoms with Crippen LogP contribution in [0.1, 0.15) is 18.0 Å². The molecule has 0 radical (unpaired) electrons. The highest BCUT2D eigenvalue weighted by Gasteiger charge is 2.11. The van der Waals surface area contributed by atoms with E-state index in [0.29, 0.717) is 23.8 Å². The molecule has 0 N–H and O–H groups in total. The third kappa shape index (κ3) is 6.01. The number of carbonyl (C=O) groups excluding carboxylic acids is 1. The van der Waals surface area contributed by atoms with Crippen LogP contribution in [0.15, 0.2) is 56.1 Å². The van der Waals surface area contributed by atoms with Gasteiger partial charge in [-0.25, -0.2) is 4.98 Å². The largest absolute Gasteiger partial charge is 0.452 e. The van der Waals surface area contributed by atoms with Crippen molar-refractivity contribution in [1.29, 1.82) is 0 Å². The first-order chi connectivity index (χ1) is 13.1. The van der Waals surface area contributed by atoms with Gasteiger partial charge >= 0.3 is 5.97 Å². The van der Waals surface area contributed by atoms with Gasteiger partial charge in [-0.05, 0) is 58.2 Å². The molecule has 0 bridgehead atoms. The minimum Gasteiger partial charge on any atom is -0.452 e. The predicted octanol–water partition coefficient (Wildman–Crippen LogP) is 4.18. The van der Waals surface area contributed by atoms with Crippen molar-refractivity contribution in [3.63, 3.8) is 0 Å². The maximum Gasteiger partial charge on any atom is 0.307 e. The van der Waals surface area contributed by atoms with Gasteiger partial charge in [0.25, 0.3) is 0 Å². The molecule has 6 nitrogen and oxygen atoms in total. The zero-order valence-electron chi connectivity index (χ0n) is 14.0. The van der Waals surface area contributed by atoms with Crippen LogP contribution in [-0.2, 0) is 16.0 Å². The fourth-order valence-electron chi connectivity index (χ4n) is 2.05. The van der Waals surface area contributed by atoms with Gasteiger partial charge in [0.05, 0.1) is 6.42 Å². The number of benzene rings is 1. The zero-order chi connectivity index (χ0) is 19.1. The van der Waals surface area contributed by atoms with Crippen molar-refractivity contribution >= 4 is 37.8 Å². The Morgan fingerprint density at radius 1 is 1.11 bits per heavy atom. The van der Waals surface area contributed by atoms with Crippen molar-refractivity contribution in [1.82, 2.24) is 15.1 Å². The Kier molecular flexibility index (Phi) is 6.74. The second-order valence-corrected chi connectivity index (χ2v) is 7.17. The molecule has 0 amide bonds. The van der Waals surface area contributed by atoms with Crippen molar-refractivity contribution in [3.8, 4) is 23.2 Å². The average Bonchev–Trinajstić information content (AvgIpc) is 3.14. The number of hydrogen-bond acceptors (Lipinski definition) is 6. The Labute approximate surface area is 172 Å². The molecule has 0 atom stereocenters. The third-order valence-electron chi connectivity index (χ3n) is 3.36. The standard InChI is InChI=1S/C19H13Br2N3O3/c20-14-5-3-13(4-6-14)19-23-17(27-24-19)9-10-18(25)26-11-1-2-16-8-7-15(21)12-22-16/h3-8,12H,9-11H2. The zero-order valence-corrected chi connectivity index (χ0v) is 17.2. The van der Waals surface area contributed by atoms with Crippen molar-refractivity contribution in [2.75, 3.05) is 6.61 Å². The van der Waals surface area contributed by atoms with E-state index in [9.17, 15) is 4.79 Å².